The number of aliphatic hydroxyl groups is 1. The van der Waals surface area contributed by atoms with E-state index in [0.29, 0.717) is 0 Å². The van der Waals surface area contributed by atoms with E-state index in [-0.39, 0.29) is 5.92 Å². The molecule has 1 saturated carbocycles. The first-order valence-electron chi connectivity index (χ1n) is 5.96. The lowest BCUT2D eigenvalue weighted by Gasteiger charge is -2.33. The lowest BCUT2D eigenvalue weighted by Crippen LogP contribution is -2.34. The molecule has 1 aliphatic carbocycles. The van der Waals surface area contributed by atoms with Crippen LogP contribution in [0.1, 0.15) is 37.7 Å². The van der Waals surface area contributed by atoms with E-state index in [1.165, 1.54) is 6.42 Å². The molecule has 84 valence electrons. The van der Waals surface area contributed by atoms with Gasteiger partial charge >= 0.3 is 0 Å². The first-order chi connectivity index (χ1) is 7.77. The predicted octanol–water partition coefficient (Wildman–Crippen LogP) is 2.98. The van der Waals surface area contributed by atoms with Crippen molar-refractivity contribution in [2.24, 2.45) is 5.92 Å². The van der Waals surface area contributed by atoms with Gasteiger partial charge in [0.1, 0.15) is 6.07 Å². The van der Waals surface area contributed by atoms with Gasteiger partial charge in [-0.2, -0.15) is 5.26 Å². The van der Waals surface area contributed by atoms with Crippen molar-refractivity contribution in [3.05, 3.63) is 35.9 Å². The smallest absolute Gasteiger partial charge is 0.179 e. The van der Waals surface area contributed by atoms with Gasteiger partial charge in [-0.05, 0) is 18.4 Å². The molecule has 2 nitrogen and oxygen atoms in total. The van der Waals surface area contributed by atoms with Gasteiger partial charge in [-0.15, -0.1) is 0 Å². The molecular formula is C14H17NO. The monoisotopic (exact) mass is 215 g/mol. The first-order valence-corrected chi connectivity index (χ1v) is 5.96. The maximum Gasteiger partial charge on any atom is 0.179 e. The fourth-order valence-electron chi connectivity index (χ4n) is 2.60. The van der Waals surface area contributed by atoms with Crippen molar-refractivity contribution in [1.29, 1.82) is 5.26 Å². The summed E-state index contributed by atoms with van der Waals surface area (Å²) in [6, 6.07) is 11.5. The molecule has 0 unspecified atom stereocenters. The largest absolute Gasteiger partial charge is 0.371 e. The Morgan fingerprint density at radius 2 is 1.75 bits per heavy atom. The zero-order valence-electron chi connectivity index (χ0n) is 9.39. The van der Waals surface area contributed by atoms with Crippen LogP contribution in [0.3, 0.4) is 0 Å². The van der Waals surface area contributed by atoms with E-state index >= 15 is 0 Å². The van der Waals surface area contributed by atoms with Crippen LogP contribution < -0.4 is 0 Å². The Hall–Kier alpha value is -1.33. The Morgan fingerprint density at radius 1 is 1.12 bits per heavy atom. The number of benzene rings is 1. The quantitative estimate of drug-likeness (QED) is 0.771. The molecule has 0 spiro atoms. The van der Waals surface area contributed by atoms with Crippen LogP contribution in [0.4, 0.5) is 0 Å². The van der Waals surface area contributed by atoms with Crippen LogP contribution >= 0.6 is 0 Å². The lowest BCUT2D eigenvalue weighted by atomic mass is 9.74. The van der Waals surface area contributed by atoms with E-state index in [1.54, 1.807) is 0 Å². The minimum Gasteiger partial charge on any atom is -0.371 e. The van der Waals surface area contributed by atoms with E-state index < -0.39 is 5.60 Å². The molecule has 0 heterocycles. The van der Waals surface area contributed by atoms with Crippen molar-refractivity contribution in [2.75, 3.05) is 0 Å². The molecule has 2 rings (SSSR count). The molecule has 0 amide bonds. The average molecular weight is 215 g/mol. The van der Waals surface area contributed by atoms with Crippen molar-refractivity contribution in [3.63, 3.8) is 0 Å². The average Bonchev–Trinajstić information content (AvgIpc) is 2.40. The van der Waals surface area contributed by atoms with E-state index in [1.807, 2.05) is 30.3 Å². The summed E-state index contributed by atoms with van der Waals surface area (Å²) in [6.07, 6.45) is 5.40. The summed E-state index contributed by atoms with van der Waals surface area (Å²) in [5.74, 6) is 0.0913. The number of rotatable bonds is 2. The van der Waals surface area contributed by atoms with Crippen molar-refractivity contribution < 1.29 is 5.11 Å². The third-order valence-electron chi connectivity index (χ3n) is 3.58. The van der Waals surface area contributed by atoms with E-state index in [4.69, 9.17) is 0 Å². The van der Waals surface area contributed by atoms with Gasteiger partial charge in [0, 0.05) is 5.92 Å². The van der Waals surface area contributed by atoms with Crippen molar-refractivity contribution in [1.82, 2.24) is 0 Å². The van der Waals surface area contributed by atoms with Crippen LogP contribution in [0.15, 0.2) is 30.3 Å². The van der Waals surface area contributed by atoms with Gasteiger partial charge in [-0.25, -0.2) is 0 Å². The summed E-state index contributed by atoms with van der Waals surface area (Å²) >= 11 is 0. The van der Waals surface area contributed by atoms with E-state index in [9.17, 15) is 10.4 Å². The Labute approximate surface area is 96.5 Å². The van der Waals surface area contributed by atoms with Gasteiger partial charge in [-0.1, -0.05) is 49.6 Å². The van der Waals surface area contributed by atoms with Crippen molar-refractivity contribution >= 4 is 0 Å². The van der Waals surface area contributed by atoms with E-state index in [0.717, 1.165) is 31.2 Å². The van der Waals surface area contributed by atoms with Gasteiger partial charge in [0.25, 0.3) is 0 Å². The second-order valence-corrected chi connectivity index (χ2v) is 4.58. The molecule has 1 aliphatic rings. The van der Waals surface area contributed by atoms with Gasteiger partial charge < -0.3 is 5.11 Å². The molecule has 2 heteroatoms. The second kappa shape index (κ2) is 4.67. The molecule has 0 aliphatic heterocycles. The molecule has 0 aromatic heterocycles. The van der Waals surface area contributed by atoms with Gasteiger partial charge in [0.15, 0.2) is 5.60 Å². The summed E-state index contributed by atoms with van der Waals surface area (Å²) in [5, 5.41) is 19.8. The van der Waals surface area contributed by atoms with Crippen LogP contribution in [0.2, 0.25) is 0 Å². The molecule has 0 radical (unpaired) electrons. The number of nitriles is 1. The highest BCUT2D eigenvalue weighted by Gasteiger charge is 2.38. The summed E-state index contributed by atoms with van der Waals surface area (Å²) < 4.78 is 0. The highest BCUT2D eigenvalue weighted by Crippen LogP contribution is 2.38. The van der Waals surface area contributed by atoms with Crippen LogP contribution in [0.25, 0.3) is 0 Å². The minimum atomic E-state index is -1.29. The Kier molecular flexibility index (Phi) is 3.26. The Balaban J connectivity index is 2.29. The third-order valence-corrected chi connectivity index (χ3v) is 3.58. The molecule has 0 saturated heterocycles. The summed E-state index contributed by atoms with van der Waals surface area (Å²) in [4.78, 5) is 0. The highest BCUT2D eigenvalue weighted by atomic mass is 16.3. The zero-order chi connectivity index (χ0) is 11.4. The van der Waals surface area contributed by atoms with Crippen LogP contribution in [0.5, 0.6) is 0 Å². The summed E-state index contributed by atoms with van der Waals surface area (Å²) in [5.41, 5.74) is -0.550. The number of hydrogen-bond donors (Lipinski definition) is 1. The Morgan fingerprint density at radius 3 is 2.31 bits per heavy atom. The number of nitrogens with zero attached hydrogens (tertiary/aromatic N) is 1. The normalized spacial score (nSPS) is 21.0. The second-order valence-electron chi connectivity index (χ2n) is 4.58. The molecule has 1 aromatic carbocycles. The molecule has 1 N–H and O–H groups in total. The molecule has 1 aromatic rings. The van der Waals surface area contributed by atoms with E-state index in [2.05, 4.69) is 6.07 Å². The number of hydrogen-bond acceptors (Lipinski definition) is 2. The zero-order valence-corrected chi connectivity index (χ0v) is 9.39. The highest BCUT2D eigenvalue weighted by molar-refractivity contribution is 5.29. The molecule has 0 bridgehead atoms. The van der Waals surface area contributed by atoms with Crippen molar-refractivity contribution in [3.8, 4) is 6.07 Å². The third kappa shape index (κ3) is 1.96. The topological polar surface area (TPSA) is 44.0 Å². The Bertz CT molecular complexity index is 375. The van der Waals surface area contributed by atoms with Crippen molar-refractivity contribution in [2.45, 2.75) is 37.7 Å². The SMILES string of the molecule is N#C[C@](O)(c1ccccc1)C1CCCCC1. The molecule has 16 heavy (non-hydrogen) atoms. The molecule has 1 fully saturated rings. The van der Waals surface area contributed by atoms with Crippen LogP contribution in [-0.2, 0) is 5.60 Å². The standard InChI is InChI=1S/C14H17NO/c15-11-14(16,12-7-3-1-4-8-12)13-9-5-2-6-10-13/h1,3-4,7-8,13,16H,2,5-6,9-10H2/t14-/m0/s1. The van der Waals surface area contributed by atoms with Crippen LogP contribution in [0, 0.1) is 17.2 Å². The lowest BCUT2D eigenvalue weighted by molar-refractivity contribution is 0.0140. The molecule has 1 atom stereocenters. The minimum absolute atomic E-state index is 0.0913. The van der Waals surface area contributed by atoms with Crippen LogP contribution in [-0.4, -0.2) is 5.11 Å². The fraction of sp³-hybridized carbons (Fsp3) is 0.500. The summed E-state index contributed by atoms with van der Waals surface area (Å²) in [7, 11) is 0. The fourth-order valence-corrected chi connectivity index (χ4v) is 2.60. The summed E-state index contributed by atoms with van der Waals surface area (Å²) in [6.45, 7) is 0. The first kappa shape index (κ1) is 11.2. The van der Waals surface area contributed by atoms with Gasteiger partial charge in [-0.3, -0.25) is 0 Å². The maximum atomic E-state index is 10.6. The van der Waals surface area contributed by atoms with Gasteiger partial charge in [0.05, 0.1) is 0 Å². The molecular weight excluding hydrogens is 198 g/mol. The maximum absolute atomic E-state index is 10.6. The predicted molar refractivity (Wildman–Crippen MR) is 62.5 cm³/mol. The van der Waals surface area contributed by atoms with Gasteiger partial charge in [0.2, 0.25) is 0 Å².